The third-order valence-corrected chi connectivity index (χ3v) is 6.75. The van der Waals surface area contributed by atoms with Gasteiger partial charge in [-0.1, -0.05) is 64.9 Å². The van der Waals surface area contributed by atoms with Gasteiger partial charge in [-0.05, 0) is 42.8 Å². The number of aromatic hydroxyl groups is 1. The molecule has 3 aromatic carbocycles. The first-order chi connectivity index (χ1) is 15.8. The molecule has 1 aromatic heterocycles. The zero-order valence-corrected chi connectivity index (χ0v) is 18.9. The van der Waals surface area contributed by atoms with Crippen LogP contribution in [-0.2, 0) is 9.59 Å². The Balaban J connectivity index is 1.74. The average molecular weight is 477 g/mol. The highest BCUT2D eigenvalue weighted by Gasteiger charge is 2.48. The average Bonchev–Trinajstić information content (AvgIpc) is 3.32. The lowest BCUT2D eigenvalue weighted by Crippen LogP contribution is -2.29. The van der Waals surface area contributed by atoms with Gasteiger partial charge in [0, 0.05) is 10.6 Å². The Kier molecular flexibility index (Phi) is 5.15. The second kappa shape index (κ2) is 8.03. The van der Waals surface area contributed by atoms with Gasteiger partial charge in [-0.2, -0.15) is 0 Å². The van der Waals surface area contributed by atoms with E-state index in [1.54, 1.807) is 42.5 Å². The largest absolute Gasteiger partial charge is 0.508 e. The summed E-state index contributed by atoms with van der Waals surface area (Å²) in [5, 5.41) is 22.0. The smallest absolute Gasteiger partial charge is 0.301 e. The van der Waals surface area contributed by atoms with Gasteiger partial charge in [0.15, 0.2) is 5.13 Å². The van der Waals surface area contributed by atoms with Crippen LogP contribution < -0.4 is 4.90 Å². The predicted octanol–water partition coefficient (Wildman–Crippen LogP) is 5.59. The Morgan fingerprint density at radius 1 is 1.06 bits per heavy atom. The fraction of sp³-hybridized carbons (Fsp3) is 0.0800. The fourth-order valence-electron chi connectivity index (χ4n) is 3.90. The highest BCUT2D eigenvalue weighted by atomic mass is 35.5. The minimum atomic E-state index is -0.963. The van der Waals surface area contributed by atoms with Gasteiger partial charge in [-0.15, -0.1) is 0 Å². The Morgan fingerprint density at radius 3 is 2.55 bits per heavy atom. The molecule has 1 atom stereocenters. The standard InChI is InChI=1S/C25H17ClN2O4S/c1-13-5-7-14(8-6-13)22(30)20-21(15-3-2-4-17(29)11-15)28(24(32)23(20)31)25-27-18-10-9-16(26)12-19(18)33-25/h2-12,21,29-30H,1H3. The number of anilines is 1. The summed E-state index contributed by atoms with van der Waals surface area (Å²) >= 11 is 7.32. The summed E-state index contributed by atoms with van der Waals surface area (Å²) in [6.07, 6.45) is 0. The van der Waals surface area contributed by atoms with Crippen molar-refractivity contribution in [3.8, 4) is 5.75 Å². The number of aliphatic hydroxyl groups is 1. The lowest BCUT2D eigenvalue weighted by Gasteiger charge is -2.23. The van der Waals surface area contributed by atoms with E-state index in [-0.39, 0.29) is 17.1 Å². The number of amides is 1. The van der Waals surface area contributed by atoms with Gasteiger partial charge in [0.2, 0.25) is 0 Å². The van der Waals surface area contributed by atoms with Crippen molar-refractivity contribution in [2.75, 3.05) is 4.90 Å². The maximum atomic E-state index is 13.2. The minimum Gasteiger partial charge on any atom is -0.508 e. The molecular weight excluding hydrogens is 460 g/mol. The lowest BCUT2D eigenvalue weighted by molar-refractivity contribution is -0.132. The summed E-state index contributed by atoms with van der Waals surface area (Å²) in [6, 6.07) is 17.5. The van der Waals surface area contributed by atoms with Gasteiger partial charge >= 0.3 is 5.91 Å². The molecule has 5 rings (SSSR count). The molecule has 1 unspecified atom stereocenters. The molecule has 0 saturated carbocycles. The molecule has 2 heterocycles. The first-order valence-corrected chi connectivity index (χ1v) is 11.3. The van der Waals surface area contributed by atoms with Crippen molar-refractivity contribution in [2.24, 2.45) is 0 Å². The van der Waals surface area contributed by atoms with Crippen molar-refractivity contribution in [3.05, 3.63) is 94.0 Å². The zero-order chi connectivity index (χ0) is 23.3. The van der Waals surface area contributed by atoms with Crippen LogP contribution in [0.15, 0.2) is 72.3 Å². The summed E-state index contributed by atoms with van der Waals surface area (Å²) in [5.41, 5.74) is 2.45. The summed E-state index contributed by atoms with van der Waals surface area (Å²) in [4.78, 5) is 32.2. The van der Waals surface area contributed by atoms with Gasteiger partial charge in [0.05, 0.1) is 21.8 Å². The quantitative estimate of drug-likeness (QED) is 0.228. The topological polar surface area (TPSA) is 90.7 Å². The molecule has 6 nitrogen and oxygen atoms in total. The summed E-state index contributed by atoms with van der Waals surface area (Å²) in [5.74, 6) is -1.93. The van der Waals surface area contributed by atoms with Crippen LogP contribution in [-0.4, -0.2) is 26.9 Å². The number of aliphatic hydroxyl groups excluding tert-OH is 1. The van der Waals surface area contributed by atoms with E-state index in [9.17, 15) is 19.8 Å². The zero-order valence-electron chi connectivity index (χ0n) is 17.3. The van der Waals surface area contributed by atoms with Crippen LogP contribution in [0.4, 0.5) is 5.13 Å². The second-order valence-electron chi connectivity index (χ2n) is 7.74. The number of aryl methyl sites for hydroxylation is 1. The SMILES string of the molecule is Cc1ccc(C(O)=C2C(=O)C(=O)N(c3nc4ccc(Cl)cc4s3)C2c2cccc(O)c2)cc1. The Morgan fingerprint density at radius 2 is 1.82 bits per heavy atom. The van der Waals surface area contributed by atoms with Crippen LogP contribution in [0.25, 0.3) is 16.0 Å². The number of hydrogen-bond acceptors (Lipinski definition) is 6. The molecule has 164 valence electrons. The lowest BCUT2D eigenvalue weighted by atomic mass is 9.95. The van der Waals surface area contributed by atoms with E-state index in [1.807, 2.05) is 19.1 Å². The molecular formula is C25H17ClN2O4S. The number of aromatic nitrogens is 1. The Bertz CT molecular complexity index is 1460. The first kappa shape index (κ1) is 21.2. The van der Waals surface area contributed by atoms with Crippen LogP contribution in [0.3, 0.4) is 0 Å². The normalized spacial score (nSPS) is 17.8. The van der Waals surface area contributed by atoms with Gasteiger partial charge < -0.3 is 10.2 Å². The van der Waals surface area contributed by atoms with Crippen molar-refractivity contribution in [1.29, 1.82) is 0 Å². The molecule has 2 N–H and O–H groups in total. The third-order valence-electron chi connectivity index (χ3n) is 5.50. The monoisotopic (exact) mass is 476 g/mol. The maximum Gasteiger partial charge on any atom is 0.301 e. The van der Waals surface area contributed by atoms with E-state index < -0.39 is 17.7 Å². The molecule has 8 heteroatoms. The third kappa shape index (κ3) is 3.65. The molecule has 1 aliphatic rings. The molecule has 0 spiro atoms. The van der Waals surface area contributed by atoms with Crippen LogP contribution in [0.1, 0.15) is 22.7 Å². The summed E-state index contributed by atoms with van der Waals surface area (Å²) < 4.78 is 0.757. The molecule has 1 fully saturated rings. The fourth-order valence-corrected chi connectivity index (χ4v) is 5.16. The highest BCUT2D eigenvalue weighted by molar-refractivity contribution is 7.22. The molecule has 0 bridgehead atoms. The van der Waals surface area contributed by atoms with Gasteiger partial charge in [-0.25, -0.2) is 4.98 Å². The van der Waals surface area contributed by atoms with Crippen molar-refractivity contribution in [2.45, 2.75) is 13.0 Å². The number of nitrogens with zero attached hydrogens (tertiary/aromatic N) is 2. The number of thiazole rings is 1. The van der Waals surface area contributed by atoms with Crippen LogP contribution in [0.5, 0.6) is 5.75 Å². The van der Waals surface area contributed by atoms with E-state index in [4.69, 9.17) is 11.6 Å². The van der Waals surface area contributed by atoms with E-state index in [1.165, 1.54) is 28.4 Å². The second-order valence-corrected chi connectivity index (χ2v) is 9.18. The van der Waals surface area contributed by atoms with Gasteiger partial charge in [-0.3, -0.25) is 14.5 Å². The van der Waals surface area contributed by atoms with Gasteiger partial charge in [0.25, 0.3) is 5.78 Å². The number of Topliss-reactive ketones (excluding diaryl/α,β-unsaturated/α-hetero) is 1. The number of carbonyl (C=O) groups excluding carboxylic acids is 2. The van der Waals surface area contributed by atoms with E-state index >= 15 is 0 Å². The maximum absolute atomic E-state index is 13.2. The van der Waals surface area contributed by atoms with Crippen molar-refractivity contribution >= 4 is 55.7 Å². The van der Waals surface area contributed by atoms with E-state index in [2.05, 4.69) is 4.98 Å². The minimum absolute atomic E-state index is 0.0236. The predicted molar refractivity (Wildman–Crippen MR) is 129 cm³/mol. The molecule has 4 aromatic rings. The van der Waals surface area contributed by atoms with Crippen molar-refractivity contribution in [3.63, 3.8) is 0 Å². The number of hydrogen-bond donors (Lipinski definition) is 2. The number of rotatable bonds is 3. The number of ketones is 1. The van der Waals surface area contributed by atoms with Crippen LogP contribution in [0, 0.1) is 6.92 Å². The van der Waals surface area contributed by atoms with Gasteiger partial charge in [0.1, 0.15) is 11.5 Å². The number of fused-ring (bicyclic) bond motifs is 1. The molecule has 1 saturated heterocycles. The molecule has 33 heavy (non-hydrogen) atoms. The molecule has 0 aliphatic carbocycles. The summed E-state index contributed by atoms with van der Waals surface area (Å²) in [6.45, 7) is 1.91. The van der Waals surface area contributed by atoms with E-state index in [0.717, 1.165) is 10.3 Å². The number of phenolic OH excluding ortho intramolecular Hbond substituents is 1. The molecule has 1 aliphatic heterocycles. The molecule has 0 radical (unpaired) electrons. The number of benzene rings is 3. The number of halogens is 1. The van der Waals surface area contributed by atoms with Crippen LogP contribution in [0.2, 0.25) is 5.02 Å². The van der Waals surface area contributed by atoms with Crippen molar-refractivity contribution in [1.82, 2.24) is 4.98 Å². The Labute approximate surface area is 198 Å². The van der Waals surface area contributed by atoms with Crippen molar-refractivity contribution < 1.29 is 19.8 Å². The molecule has 1 amide bonds. The summed E-state index contributed by atoms with van der Waals surface area (Å²) in [7, 11) is 0. The number of carbonyl (C=O) groups is 2. The first-order valence-electron chi connectivity index (χ1n) is 10.1. The number of phenols is 1. The Hall–Kier alpha value is -3.68. The van der Waals surface area contributed by atoms with Crippen LogP contribution >= 0.6 is 22.9 Å². The highest BCUT2D eigenvalue weighted by Crippen LogP contribution is 2.45. The van der Waals surface area contributed by atoms with E-state index in [0.29, 0.717) is 26.8 Å².